The summed E-state index contributed by atoms with van der Waals surface area (Å²) in [7, 11) is 0. The van der Waals surface area contributed by atoms with E-state index in [0.29, 0.717) is 10.8 Å². The highest BCUT2D eigenvalue weighted by Crippen LogP contribution is 2.39. The Labute approximate surface area is 123 Å². The Kier molecular flexibility index (Phi) is 4.90. The number of nitrogens with one attached hydrogen (secondary N) is 1. The van der Waals surface area contributed by atoms with E-state index in [9.17, 15) is 18.0 Å². The molecule has 1 saturated carbocycles. The minimum Gasteiger partial charge on any atom is -0.302 e. The third kappa shape index (κ3) is 3.85. The molecule has 20 heavy (non-hydrogen) atoms. The molecule has 8 heteroatoms. The fourth-order valence-corrected chi connectivity index (χ4v) is 3.26. The molecule has 0 spiro atoms. The molecule has 3 nitrogen and oxygen atoms in total. The highest BCUT2D eigenvalue weighted by Gasteiger charge is 2.42. The molecule has 1 fully saturated rings. The van der Waals surface area contributed by atoms with Crippen LogP contribution in [0.3, 0.4) is 0 Å². The number of hydrogen-bond donors (Lipinski definition) is 1. The van der Waals surface area contributed by atoms with Crippen LogP contribution in [0.15, 0.2) is 5.38 Å². The van der Waals surface area contributed by atoms with E-state index in [-0.39, 0.29) is 43.4 Å². The molecule has 1 aromatic rings. The summed E-state index contributed by atoms with van der Waals surface area (Å²) in [4.78, 5) is 16.1. The third-order valence-electron chi connectivity index (χ3n) is 3.48. The molecular weight excluding hydrogens is 313 g/mol. The first-order valence-electron chi connectivity index (χ1n) is 6.28. The van der Waals surface area contributed by atoms with Gasteiger partial charge in [-0.25, -0.2) is 4.98 Å². The Hall–Kier alpha value is -0.820. The molecule has 0 atom stereocenters. The van der Waals surface area contributed by atoms with Crippen molar-refractivity contribution in [2.45, 2.75) is 37.7 Å². The summed E-state index contributed by atoms with van der Waals surface area (Å²) < 4.78 is 37.6. The molecule has 1 N–H and O–H groups in total. The van der Waals surface area contributed by atoms with Gasteiger partial charge in [-0.15, -0.1) is 22.9 Å². The lowest BCUT2D eigenvalue weighted by Crippen LogP contribution is -2.32. The smallest absolute Gasteiger partial charge is 0.302 e. The van der Waals surface area contributed by atoms with E-state index in [2.05, 4.69) is 10.3 Å². The number of anilines is 1. The van der Waals surface area contributed by atoms with Gasteiger partial charge in [-0.05, 0) is 25.7 Å². The summed E-state index contributed by atoms with van der Waals surface area (Å²) >= 11 is 6.87. The van der Waals surface area contributed by atoms with Crippen LogP contribution in [0, 0.1) is 11.8 Å². The third-order valence-corrected chi connectivity index (χ3v) is 4.56. The summed E-state index contributed by atoms with van der Waals surface area (Å²) in [6.45, 7) is 0. The number of nitrogens with zero attached hydrogens (tertiary/aromatic N) is 1. The summed E-state index contributed by atoms with van der Waals surface area (Å²) in [5, 5.41) is 4.84. The van der Waals surface area contributed by atoms with Crippen LogP contribution in [0.25, 0.3) is 0 Å². The normalized spacial score (nSPS) is 23.6. The van der Waals surface area contributed by atoms with Crippen molar-refractivity contribution < 1.29 is 18.0 Å². The molecule has 1 aliphatic carbocycles. The predicted molar refractivity (Wildman–Crippen MR) is 71.8 cm³/mol. The van der Waals surface area contributed by atoms with Gasteiger partial charge in [-0.3, -0.25) is 4.79 Å². The van der Waals surface area contributed by atoms with Gasteiger partial charge in [-0.1, -0.05) is 0 Å². The topological polar surface area (TPSA) is 42.0 Å². The molecule has 0 saturated heterocycles. The monoisotopic (exact) mass is 326 g/mol. The van der Waals surface area contributed by atoms with E-state index < -0.39 is 12.1 Å². The zero-order valence-corrected chi connectivity index (χ0v) is 12.1. The number of alkyl halides is 4. The Morgan fingerprint density at radius 1 is 1.40 bits per heavy atom. The molecule has 1 aliphatic rings. The van der Waals surface area contributed by atoms with Gasteiger partial charge in [0, 0.05) is 11.3 Å². The molecule has 0 unspecified atom stereocenters. The molecule has 1 aromatic heterocycles. The lowest BCUT2D eigenvalue weighted by molar-refractivity contribution is -0.184. The van der Waals surface area contributed by atoms with Crippen LogP contribution in [0.1, 0.15) is 31.4 Å². The highest BCUT2D eigenvalue weighted by molar-refractivity contribution is 7.13. The zero-order chi connectivity index (χ0) is 14.8. The van der Waals surface area contributed by atoms with Gasteiger partial charge in [0.2, 0.25) is 5.91 Å². The number of halogens is 4. The number of carbonyl (C=O) groups is 1. The zero-order valence-electron chi connectivity index (χ0n) is 10.5. The molecule has 0 radical (unpaired) electrons. The van der Waals surface area contributed by atoms with Crippen LogP contribution in [0.5, 0.6) is 0 Å². The average Bonchev–Trinajstić information content (AvgIpc) is 2.85. The van der Waals surface area contributed by atoms with E-state index in [1.165, 1.54) is 11.3 Å². The van der Waals surface area contributed by atoms with Gasteiger partial charge in [0.1, 0.15) is 0 Å². The number of thiazole rings is 1. The maximum absolute atomic E-state index is 12.5. The maximum atomic E-state index is 12.5. The van der Waals surface area contributed by atoms with Crippen LogP contribution in [-0.2, 0) is 10.7 Å². The van der Waals surface area contributed by atoms with Crippen molar-refractivity contribution in [1.29, 1.82) is 0 Å². The van der Waals surface area contributed by atoms with Crippen LogP contribution >= 0.6 is 22.9 Å². The van der Waals surface area contributed by atoms with Crippen molar-refractivity contribution in [3.05, 3.63) is 11.1 Å². The first-order valence-corrected chi connectivity index (χ1v) is 7.69. The summed E-state index contributed by atoms with van der Waals surface area (Å²) in [6.07, 6.45) is -3.57. The van der Waals surface area contributed by atoms with Crippen molar-refractivity contribution in [2.24, 2.45) is 11.8 Å². The quantitative estimate of drug-likeness (QED) is 0.846. The van der Waals surface area contributed by atoms with E-state index in [0.717, 1.165) is 0 Å². The van der Waals surface area contributed by atoms with Crippen LogP contribution < -0.4 is 5.32 Å². The Balaban J connectivity index is 1.86. The number of aromatic nitrogens is 1. The van der Waals surface area contributed by atoms with Crippen LogP contribution in [0.2, 0.25) is 0 Å². The van der Waals surface area contributed by atoms with Crippen molar-refractivity contribution in [2.75, 3.05) is 5.32 Å². The second-order valence-electron chi connectivity index (χ2n) is 4.86. The minimum atomic E-state index is -4.15. The fourth-order valence-electron chi connectivity index (χ4n) is 2.32. The molecule has 0 aromatic carbocycles. The minimum absolute atomic E-state index is 0.0202. The van der Waals surface area contributed by atoms with Gasteiger partial charge in [0.25, 0.3) is 0 Å². The summed E-state index contributed by atoms with van der Waals surface area (Å²) in [5.41, 5.74) is 0.674. The molecule has 1 amide bonds. The molecule has 112 valence electrons. The van der Waals surface area contributed by atoms with Crippen molar-refractivity contribution >= 4 is 34.0 Å². The number of amides is 1. The maximum Gasteiger partial charge on any atom is 0.391 e. The largest absolute Gasteiger partial charge is 0.391 e. The van der Waals surface area contributed by atoms with Crippen LogP contribution in [-0.4, -0.2) is 17.1 Å². The first-order chi connectivity index (χ1) is 9.40. The Morgan fingerprint density at radius 3 is 2.55 bits per heavy atom. The molecule has 2 rings (SSSR count). The second-order valence-corrected chi connectivity index (χ2v) is 5.98. The van der Waals surface area contributed by atoms with Crippen LogP contribution in [0.4, 0.5) is 18.3 Å². The molecule has 1 heterocycles. The molecular formula is C12H14ClF3N2OS. The lowest BCUT2D eigenvalue weighted by atomic mass is 9.81. The number of carbonyl (C=O) groups excluding carboxylic acids is 1. The van der Waals surface area contributed by atoms with Crippen molar-refractivity contribution in [3.63, 3.8) is 0 Å². The lowest BCUT2D eigenvalue weighted by Gasteiger charge is -2.28. The average molecular weight is 327 g/mol. The number of rotatable bonds is 3. The number of hydrogen-bond acceptors (Lipinski definition) is 3. The van der Waals surface area contributed by atoms with E-state index in [1.54, 1.807) is 5.38 Å². The van der Waals surface area contributed by atoms with E-state index in [1.807, 2.05) is 0 Å². The van der Waals surface area contributed by atoms with E-state index >= 15 is 0 Å². The van der Waals surface area contributed by atoms with Gasteiger partial charge in [-0.2, -0.15) is 13.2 Å². The van der Waals surface area contributed by atoms with Crippen molar-refractivity contribution in [3.8, 4) is 0 Å². The summed E-state index contributed by atoms with van der Waals surface area (Å²) in [6, 6.07) is 0. The summed E-state index contributed by atoms with van der Waals surface area (Å²) in [5.74, 6) is -1.62. The fraction of sp³-hybridized carbons (Fsp3) is 0.667. The predicted octanol–water partition coefficient (Wildman–Crippen LogP) is 4.19. The Morgan fingerprint density at radius 2 is 2.05 bits per heavy atom. The highest BCUT2D eigenvalue weighted by atomic mass is 35.5. The second kappa shape index (κ2) is 6.30. The SMILES string of the molecule is O=C(Nc1nc(CCl)cs1)C1CCC(C(F)(F)F)CC1. The first kappa shape index (κ1) is 15.6. The van der Waals surface area contributed by atoms with Gasteiger partial charge < -0.3 is 5.32 Å². The Bertz CT molecular complexity index is 470. The van der Waals surface area contributed by atoms with Crippen molar-refractivity contribution in [1.82, 2.24) is 4.98 Å². The van der Waals surface area contributed by atoms with Gasteiger partial charge in [0.15, 0.2) is 5.13 Å². The van der Waals surface area contributed by atoms with E-state index in [4.69, 9.17) is 11.6 Å². The molecule has 0 bridgehead atoms. The standard InChI is InChI=1S/C12H14ClF3N2OS/c13-5-9-6-20-11(17-9)18-10(19)7-1-3-8(4-2-7)12(14,15)16/h6-8H,1-5H2,(H,17,18,19). The molecule has 0 aliphatic heterocycles. The van der Waals surface area contributed by atoms with Gasteiger partial charge >= 0.3 is 6.18 Å². The van der Waals surface area contributed by atoms with Gasteiger partial charge in [0.05, 0.1) is 17.5 Å².